The van der Waals surface area contributed by atoms with Crippen molar-refractivity contribution in [2.45, 2.75) is 25.2 Å². The quantitative estimate of drug-likeness (QED) is 0.603. The average molecular weight is 302 g/mol. The molecule has 0 N–H and O–H groups in total. The lowest BCUT2D eigenvalue weighted by atomic mass is 10.0. The lowest BCUT2D eigenvalue weighted by Crippen LogP contribution is -2.37. The van der Waals surface area contributed by atoms with Crippen molar-refractivity contribution in [2.75, 3.05) is 26.3 Å². The summed E-state index contributed by atoms with van der Waals surface area (Å²) in [4.78, 5) is 28.3. The minimum Gasteiger partial charge on any atom is -0.371 e. The van der Waals surface area contributed by atoms with Gasteiger partial charge in [0.05, 0.1) is 38.5 Å². The zero-order valence-electron chi connectivity index (χ0n) is 12.4. The topological polar surface area (TPSA) is 65.7 Å². The lowest BCUT2D eigenvalue weighted by Gasteiger charge is -2.21. The Morgan fingerprint density at radius 3 is 2.23 bits per heavy atom. The Bertz CT molecular complexity index is 607. The number of rotatable bonds is 5. The predicted molar refractivity (Wildman–Crippen MR) is 77.2 cm³/mol. The van der Waals surface area contributed by atoms with Gasteiger partial charge in [-0.2, -0.15) is 0 Å². The van der Waals surface area contributed by atoms with Gasteiger partial charge in [0.1, 0.15) is 6.04 Å². The lowest BCUT2D eigenvalue weighted by molar-refractivity contribution is -0.128. The average Bonchev–Trinajstić information content (AvgIpc) is 3.39. The second kappa shape index (κ2) is 5.07. The molecule has 6 heteroatoms. The highest BCUT2D eigenvalue weighted by molar-refractivity contribution is 6.04. The van der Waals surface area contributed by atoms with Crippen molar-refractivity contribution in [3.8, 4) is 0 Å². The standard InChI is InChI=1S/C16H18N2O4/c1-10-2-4-11(5-3-10)14-15(19)18(7-13-9-22-13)16(20)17(14)6-12-8-21-12/h2-5,12-14H,6-9H2,1H3. The molecule has 1 aromatic rings. The molecular weight excluding hydrogens is 284 g/mol. The second-order valence-electron chi connectivity index (χ2n) is 6.11. The van der Waals surface area contributed by atoms with Gasteiger partial charge in [-0.05, 0) is 12.5 Å². The molecule has 4 rings (SSSR count). The Kier molecular flexibility index (Phi) is 3.16. The van der Waals surface area contributed by atoms with E-state index in [0.29, 0.717) is 26.3 Å². The van der Waals surface area contributed by atoms with Crippen LogP contribution in [0.4, 0.5) is 4.79 Å². The number of benzene rings is 1. The first-order valence-corrected chi connectivity index (χ1v) is 7.55. The molecule has 6 nitrogen and oxygen atoms in total. The van der Waals surface area contributed by atoms with Gasteiger partial charge in [-0.25, -0.2) is 4.79 Å². The summed E-state index contributed by atoms with van der Waals surface area (Å²) >= 11 is 0. The highest BCUT2D eigenvalue weighted by Crippen LogP contribution is 2.33. The second-order valence-corrected chi connectivity index (χ2v) is 6.11. The number of urea groups is 1. The molecule has 0 radical (unpaired) electrons. The smallest absolute Gasteiger partial charge is 0.327 e. The van der Waals surface area contributed by atoms with E-state index in [1.807, 2.05) is 31.2 Å². The van der Waals surface area contributed by atoms with Crippen molar-refractivity contribution in [2.24, 2.45) is 0 Å². The molecule has 3 saturated heterocycles. The van der Waals surface area contributed by atoms with E-state index in [1.54, 1.807) is 4.90 Å². The number of imide groups is 1. The van der Waals surface area contributed by atoms with Crippen LogP contribution in [0.2, 0.25) is 0 Å². The molecular formula is C16H18N2O4. The number of carbonyl (C=O) groups is 2. The third kappa shape index (κ3) is 2.48. The van der Waals surface area contributed by atoms with Crippen LogP contribution in [0.25, 0.3) is 0 Å². The molecule has 3 amide bonds. The van der Waals surface area contributed by atoms with Gasteiger partial charge in [-0.15, -0.1) is 0 Å². The van der Waals surface area contributed by atoms with Crippen LogP contribution in [-0.4, -0.2) is 60.2 Å². The molecule has 1 aromatic carbocycles. The fraction of sp³-hybridized carbons (Fsp3) is 0.500. The SMILES string of the molecule is Cc1ccc(C2C(=O)N(CC3CO3)C(=O)N2CC2CO2)cc1. The Hall–Kier alpha value is -1.92. The Balaban J connectivity index is 1.63. The fourth-order valence-corrected chi connectivity index (χ4v) is 2.83. The van der Waals surface area contributed by atoms with Crippen LogP contribution in [-0.2, 0) is 14.3 Å². The van der Waals surface area contributed by atoms with Crippen molar-refractivity contribution < 1.29 is 19.1 Å². The van der Waals surface area contributed by atoms with Gasteiger partial charge in [0.25, 0.3) is 5.91 Å². The molecule has 0 aromatic heterocycles. The summed E-state index contributed by atoms with van der Waals surface area (Å²) in [5, 5.41) is 0. The van der Waals surface area contributed by atoms with E-state index in [2.05, 4.69) is 0 Å². The van der Waals surface area contributed by atoms with Crippen molar-refractivity contribution in [1.29, 1.82) is 0 Å². The monoisotopic (exact) mass is 302 g/mol. The Morgan fingerprint density at radius 2 is 1.64 bits per heavy atom. The predicted octanol–water partition coefficient (Wildman–Crippen LogP) is 1.10. The maximum atomic E-state index is 12.7. The zero-order valence-corrected chi connectivity index (χ0v) is 12.4. The molecule has 0 saturated carbocycles. The van der Waals surface area contributed by atoms with Gasteiger partial charge in [0.15, 0.2) is 0 Å². The first kappa shape index (κ1) is 13.7. The third-order valence-corrected chi connectivity index (χ3v) is 4.27. The summed E-state index contributed by atoms with van der Waals surface area (Å²) in [6, 6.07) is 6.99. The molecule has 3 heterocycles. The summed E-state index contributed by atoms with van der Waals surface area (Å²) in [7, 11) is 0. The maximum absolute atomic E-state index is 12.7. The van der Waals surface area contributed by atoms with E-state index < -0.39 is 6.04 Å². The number of aryl methyl sites for hydroxylation is 1. The number of hydrogen-bond acceptors (Lipinski definition) is 4. The van der Waals surface area contributed by atoms with Crippen LogP contribution in [0.15, 0.2) is 24.3 Å². The van der Waals surface area contributed by atoms with Crippen LogP contribution < -0.4 is 0 Å². The van der Waals surface area contributed by atoms with Gasteiger partial charge < -0.3 is 14.4 Å². The van der Waals surface area contributed by atoms with E-state index in [9.17, 15) is 9.59 Å². The molecule has 3 fully saturated rings. The van der Waals surface area contributed by atoms with Crippen molar-refractivity contribution in [3.05, 3.63) is 35.4 Å². The fourth-order valence-electron chi connectivity index (χ4n) is 2.83. The molecule has 3 unspecified atom stereocenters. The Labute approximate surface area is 128 Å². The van der Waals surface area contributed by atoms with E-state index in [4.69, 9.17) is 9.47 Å². The minimum absolute atomic E-state index is 0.00342. The van der Waals surface area contributed by atoms with Gasteiger partial charge in [-0.3, -0.25) is 9.69 Å². The summed E-state index contributed by atoms with van der Waals surface area (Å²) in [6.07, 6.45) is 0.0607. The summed E-state index contributed by atoms with van der Waals surface area (Å²) in [5.41, 5.74) is 1.98. The molecule has 3 aliphatic heterocycles. The van der Waals surface area contributed by atoms with Gasteiger partial charge in [-0.1, -0.05) is 29.8 Å². The molecule has 3 atom stereocenters. The minimum atomic E-state index is -0.545. The highest BCUT2D eigenvalue weighted by Gasteiger charge is 2.49. The first-order chi connectivity index (χ1) is 10.6. The number of nitrogens with zero attached hydrogens (tertiary/aromatic N) is 2. The van der Waals surface area contributed by atoms with E-state index in [0.717, 1.165) is 11.1 Å². The van der Waals surface area contributed by atoms with Gasteiger partial charge in [0, 0.05) is 0 Å². The normalized spacial score (nSPS) is 30.1. The van der Waals surface area contributed by atoms with Gasteiger partial charge >= 0.3 is 6.03 Å². The van der Waals surface area contributed by atoms with Crippen LogP contribution in [0.5, 0.6) is 0 Å². The van der Waals surface area contributed by atoms with E-state index in [-0.39, 0.29) is 24.1 Å². The number of epoxide rings is 2. The maximum Gasteiger partial charge on any atom is 0.327 e. The molecule has 0 aliphatic carbocycles. The summed E-state index contributed by atoms with van der Waals surface area (Å²) in [6.45, 7) is 4.09. The molecule has 22 heavy (non-hydrogen) atoms. The van der Waals surface area contributed by atoms with Crippen LogP contribution in [0.1, 0.15) is 17.2 Å². The molecule has 116 valence electrons. The number of carbonyl (C=O) groups excluding carboxylic acids is 2. The molecule has 0 bridgehead atoms. The number of amides is 3. The zero-order chi connectivity index (χ0) is 15.3. The summed E-state index contributed by atoms with van der Waals surface area (Å²) in [5.74, 6) is -0.162. The third-order valence-electron chi connectivity index (χ3n) is 4.27. The van der Waals surface area contributed by atoms with Crippen LogP contribution >= 0.6 is 0 Å². The molecule has 0 spiro atoms. The first-order valence-electron chi connectivity index (χ1n) is 7.55. The van der Waals surface area contributed by atoms with Crippen LogP contribution in [0, 0.1) is 6.92 Å². The van der Waals surface area contributed by atoms with Crippen molar-refractivity contribution in [3.63, 3.8) is 0 Å². The largest absolute Gasteiger partial charge is 0.371 e. The number of ether oxygens (including phenoxy) is 2. The van der Waals surface area contributed by atoms with Crippen LogP contribution in [0.3, 0.4) is 0 Å². The van der Waals surface area contributed by atoms with Gasteiger partial charge in [0.2, 0.25) is 0 Å². The summed E-state index contributed by atoms with van der Waals surface area (Å²) < 4.78 is 10.4. The van der Waals surface area contributed by atoms with E-state index >= 15 is 0 Å². The molecule has 3 aliphatic rings. The van der Waals surface area contributed by atoms with Crippen molar-refractivity contribution >= 4 is 11.9 Å². The number of hydrogen-bond donors (Lipinski definition) is 0. The Morgan fingerprint density at radius 1 is 1.05 bits per heavy atom. The van der Waals surface area contributed by atoms with E-state index in [1.165, 1.54) is 4.90 Å². The van der Waals surface area contributed by atoms with Crippen molar-refractivity contribution in [1.82, 2.24) is 9.80 Å². The highest BCUT2D eigenvalue weighted by atomic mass is 16.6.